The number of carbonyl (C=O) groups is 1. The number of carboxylic acid groups (broad SMARTS) is 1. The number of hydrogen-bond acceptors (Lipinski definition) is 6. The van der Waals surface area contributed by atoms with Crippen LogP contribution in [0.4, 0.5) is 5.69 Å². The minimum absolute atomic E-state index is 0.566. The lowest BCUT2D eigenvalue weighted by Crippen LogP contribution is -2.21. The van der Waals surface area contributed by atoms with E-state index in [1.54, 1.807) is 18.3 Å². The molecular formula is C27H27N5O2S. The summed E-state index contributed by atoms with van der Waals surface area (Å²) in [4.78, 5) is 18.3. The zero-order chi connectivity index (χ0) is 24.7. The maximum atomic E-state index is 12.0. The Morgan fingerprint density at radius 1 is 1.09 bits per heavy atom. The van der Waals surface area contributed by atoms with Crippen molar-refractivity contribution in [1.29, 1.82) is 0 Å². The lowest BCUT2D eigenvalue weighted by atomic mass is 9.98. The molecule has 5 rings (SSSR count). The second kappa shape index (κ2) is 9.11. The predicted molar refractivity (Wildman–Crippen MR) is 139 cm³/mol. The highest BCUT2D eigenvalue weighted by Crippen LogP contribution is 2.40. The van der Waals surface area contributed by atoms with Gasteiger partial charge >= 0.3 is 5.97 Å². The molecule has 0 aliphatic carbocycles. The molecule has 0 saturated heterocycles. The number of aliphatic imine (C=N–C) groups is 1. The van der Waals surface area contributed by atoms with Crippen LogP contribution in [0.2, 0.25) is 0 Å². The number of anilines is 1. The van der Waals surface area contributed by atoms with Gasteiger partial charge in [-0.1, -0.05) is 42.5 Å². The molecule has 2 atom stereocenters. The summed E-state index contributed by atoms with van der Waals surface area (Å²) in [5.74, 6) is -0.378. The summed E-state index contributed by atoms with van der Waals surface area (Å²) < 4.78 is 1.98. The Hall–Kier alpha value is -3.78. The molecule has 0 fully saturated rings. The second-order valence-electron chi connectivity index (χ2n) is 8.87. The number of aliphatic carboxylic acids is 1. The molecule has 2 aromatic heterocycles. The normalized spacial score (nSPS) is 15.5. The van der Waals surface area contributed by atoms with Gasteiger partial charge in [-0.25, -0.2) is 0 Å². The SMILES string of the molecule is Cc1sc2c(c1C)C(c1ccc(NCc3ccccc3)cc1)=N[C@@H](C(C)C(=O)O)c1nnc(C)n1-2. The van der Waals surface area contributed by atoms with Crippen LogP contribution >= 0.6 is 11.3 Å². The van der Waals surface area contributed by atoms with Crippen LogP contribution in [0.25, 0.3) is 5.00 Å². The van der Waals surface area contributed by atoms with E-state index < -0.39 is 17.9 Å². The largest absolute Gasteiger partial charge is 0.481 e. The van der Waals surface area contributed by atoms with Gasteiger partial charge in [0, 0.05) is 28.2 Å². The van der Waals surface area contributed by atoms with Gasteiger partial charge in [0.1, 0.15) is 16.9 Å². The van der Waals surface area contributed by atoms with Crippen molar-refractivity contribution in [3.8, 4) is 5.00 Å². The molecule has 1 aliphatic heterocycles. The zero-order valence-electron chi connectivity index (χ0n) is 20.1. The quantitative estimate of drug-likeness (QED) is 0.377. The number of carboxylic acids is 1. The summed E-state index contributed by atoms with van der Waals surface area (Å²) in [5.41, 5.74) is 6.10. The maximum absolute atomic E-state index is 12.0. The van der Waals surface area contributed by atoms with Crippen LogP contribution in [0.5, 0.6) is 0 Å². The molecule has 2 N–H and O–H groups in total. The van der Waals surface area contributed by atoms with Crippen molar-refractivity contribution in [2.45, 2.75) is 40.3 Å². The van der Waals surface area contributed by atoms with Gasteiger partial charge in [-0.2, -0.15) is 0 Å². The topological polar surface area (TPSA) is 92.4 Å². The van der Waals surface area contributed by atoms with Crippen molar-refractivity contribution >= 4 is 28.7 Å². The highest BCUT2D eigenvalue weighted by Gasteiger charge is 2.36. The van der Waals surface area contributed by atoms with E-state index in [1.807, 2.05) is 54.0 Å². The first-order chi connectivity index (χ1) is 16.8. The molecule has 35 heavy (non-hydrogen) atoms. The molecule has 4 aromatic rings. The van der Waals surface area contributed by atoms with Crippen molar-refractivity contribution in [2.24, 2.45) is 10.9 Å². The van der Waals surface area contributed by atoms with E-state index in [0.29, 0.717) is 5.82 Å². The summed E-state index contributed by atoms with van der Waals surface area (Å²) in [5, 5.41) is 22.9. The van der Waals surface area contributed by atoms with E-state index in [-0.39, 0.29) is 0 Å². The van der Waals surface area contributed by atoms with Crippen molar-refractivity contribution < 1.29 is 9.90 Å². The fourth-order valence-electron chi connectivity index (χ4n) is 4.36. The van der Waals surface area contributed by atoms with Crippen molar-refractivity contribution in [2.75, 3.05) is 5.32 Å². The van der Waals surface area contributed by atoms with Crippen LogP contribution in [-0.4, -0.2) is 31.6 Å². The minimum Gasteiger partial charge on any atom is -0.481 e. The third-order valence-electron chi connectivity index (χ3n) is 6.55. The lowest BCUT2D eigenvalue weighted by Gasteiger charge is -2.16. The number of aromatic nitrogens is 3. The fraction of sp³-hybridized carbons (Fsp3) is 0.259. The summed E-state index contributed by atoms with van der Waals surface area (Å²) in [6, 6.07) is 17.8. The standard InChI is InChI=1S/C27H27N5O2S/c1-15-17(3)35-26-22(15)24(29-23(16(2)27(33)34)25-31-30-18(4)32(25)26)20-10-12-21(13-11-20)28-14-19-8-6-5-7-9-19/h5-13,16,23,28H,14H2,1-4H3,(H,33,34)/t16?,23-/m0/s1. The Kier molecular flexibility index (Phi) is 5.98. The molecule has 0 spiro atoms. The maximum Gasteiger partial charge on any atom is 0.308 e. The highest BCUT2D eigenvalue weighted by molar-refractivity contribution is 7.15. The van der Waals surface area contributed by atoms with Crippen LogP contribution in [0.15, 0.2) is 59.6 Å². The molecule has 3 heterocycles. The van der Waals surface area contributed by atoms with Gasteiger partial charge in [0.25, 0.3) is 0 Å². The summed E-state index contributed by atoms with van der Waals surface area (Å²) >= 11 is 1.66. The van der Waals surface area contributed by atoms with Gasteiger partial charge in [0.15, 0.2) is 5.82 Å². The van der Waals surface area contributed by atoms with Crippen LogP contribution < -0.4 is 5.32 Å². The van der Waals surface area contributed by atoms with E-state index in [4.69, 9.17) is 4.99 Å². The van der Waals surface area contributed by atoms with Gasteiger partial charge in [0.2, 0.25) is 0 Å². The van der Waals surface area contributed by atoms with Crippen LogP contribution in [0.3, 0.4) is 0 Å². The Morgan fingerprint density at radius 2 is 1.80 bits per heavy atom. The first-order valence-corrected chi connectivity index (χ1v) is 12.4. The molecule has 1 unspecified atom stereocenters. The van der Waals surface area contributed by atoms with Crippen LogP contribution in [0.1, 0.15) is 51.7 Å². The molecule has 2 aromatic carbocycles. The average molecular weight is 486 g/mol. The average Bonchev–Trinajstić information content (AvgIpc) is 3.33. The minimum atomic E-state index is -0.913. The van der Waals surface area contributed by atoms with E-state index >= 15 is 0 Å². The van der Waals surface area contributed by atoms with E-state index in [1.165, 1.54) is 10.4 Å². The number of nitrogens with zero attached hydrogens (tertiary/aromatic N) is 4. The Bertz CT molecular complexity index is 1420. The van der Waals surface area contributed by atoms with Crippen molar-refractivity contribution in [3.05, 3.63) is 93.4 Å². The molecule has 0 saturated carbocycles. The number of rotatable bonds is 6. The van der Waals surface area contributed by atoms with Gasteiger partial charge in [0.05, 0.1) is 11.6 Å². The molecular weight excluding hydrogens is 458 g/mol. The van der Waals surface area contributed by atoms with Gasteiger partial charge in [-0.3, -0.25) is 14.4 Å². The molecule has 0 bridgehead atoms. The Balaban J connectivity index is 1.58. The highest BCUT2D eigenvalue weighted by atomic mass is 32.1. The van der Waals surface area contributed by atoms with Gasteiger partial charge < -0.3 is 10.4 Å². The number of hydrogen-bond donors (Lipinski definition) is 2. The number of thiophene rings is 1. The Morgan fingerprint density at radius 3 is 2.49 bits per heavy atom. The number of nitrogens with one attached hydrogen (secondary N) is 1. The third kappa shape index (κ3) is 4.14. The second-order valence-corrected chi connectivity index (χ2v) is 10.1. The van der Waals surface area contributed by atoms with Crippen molar-refractivity contribution in [3.63, 3.8) is 0 Å². The Labute approximate surface area is 208 Å². The first-order valence-electron chi connectivity index (χ1n) is 11.6. The number of fused-ring (bicyclic) bond motifs is 3. The van der Waals surface area contributed by atoms with E-state index in [9.17, 15) is 9.90 Å². The molecule has 1 aliphatic rings. The molecule has 7 nitrogen and oxygen atoms in total. The summed E-state index contributed by atoms with van der Waals surface area (Å²) in [7, 11) is 0. The van der Waals surface area contributed by atoms with Crippen LogP contribution in [0, 0.1) is 26.7 Å². The third-order valence-corrected chi connectivity index (χ3v) is 7.74. The zero-order valence-corrected chi connectivity index (χ0v) is 20.9. The predicted octanol–water partition coefficient (Wildman–Crippen LogP) is 5.48. The molecule has 8 heteroatoms. The number of aryl methyl sites for hydroxylation is 2. The molecule has 178 valence electrons. The van der Waals surface area contributed by atoms with E-state index in [2.05, 4.69) is 41.5 Å². The summed E-state index contributed by atoms with van der Waals surface area (Å²) in [6.45, 7) is 8.50. The first kappa shape index (κ1) is 23.0. The van der Waals surface area contributed by atoms with Gasteiger partial charge in [-0.05, 0) is 51.0 Å². The van der Waals surface area contributed by atoms with Gasteiger partial charge in [-0.15, -0.1) is 21.5 Å². The number of benzene rings is 2. The summed E-state index contributed by atoms with van der Waals surface area (Å²) in [6.07, 6.45) is 0. The molecule has 0 amide bonds. The smallest absolute Gasteiger partial charge is 0.308 e. The molecule has 0 radical (unpaired) electrons. The lowest BCUT2D eigenvalue weighted by molar-refractivity contribution is -0.141. The van der Waals surface area contributed by atoms with E-state index in [0.717, 1.165) is 45.5 Å². The monoisotopic (exact) mass is 485 g/mol. The van der Waals surface area contributed by atoms with Crippen molar-refractivity contribution in [1.82, 2.24) is 14.8 Å². The fourth-order valence-corrected chi connectivity index (χ4v) is 5.58. The van der Waals surface area contributed by atoms with Crippen LogP contribution in [-0.2, 0) is 11.3 Å².